The molecule has 0 aliphatic heterocycles. The topological polar surface area (TPSA) is 26.3 Å². The van der Waals surface area contributed by atoms with Crippen LogP contribution in [0, 0.1) is 11.8 Å². The standard InChI is InChI=1S/C8H5BrO2S/c1-11-8(10)3-2-6-4-7(9)12-5-6/h4-5H,1H3. The summed E-state index contributed by atoms with van der Waals surface area (Å²) in [6.07, 6.45) is 0. The molecule has 0 bridgehead atoms. The summed E-state index contributed by atoms with van der Waals surface area (Å²) in [5.41, 5.74) is 0.817. The summed E-state index contributed by atoms with van der Waals surface area (Å²) in [5.74, 6) is 4.49. The van der Waals surface area contributed by atoms with Crippen molar-refractivity contribution in [3.63, 3.8) is 0 Å². The van der Waals surface area contributed by atoms with Crippen LogP contribution in [0.25, 0.3) is 0 Å². The zero-order valence-corrected chi connectivity index (χ0v) is 8.66. The summed E-state index contributed by atoms with van der Waals surface area (Å²) in [4.78, 5) is 10.6. The van der Waals surface area contributed by atoms with Gasteiger partial charge in [0.2, 0.25) is 0 Å². The van der Waals surface area contributed by atoms with Gasteiger partial charge in [-0.2, -0.15) is 0 Å². The van der Waals surface area contributed by atoms with Crippen LogP contribution in [0.5, 0.6) is 0 Å². The minimum absolute atomic E-state index is 0.516. The maximum Gasteiger partial charge on any atom is 0.384 e. The fourth-order valence-corrected chi connectivity index (χ4v) is 1.64. The first-order chi connectivity index (χ1) is 5.72. The molecule has 0 unspecified atom stereocenters. The maximum absolute atomic E-state index is 10.6. The number of carbonyl (C=O) groups is 1. The normalized spacial score (nSPS) is 8.50. The molecular formula is C8H5BrO2S. The second-order valence-corrected chi connectivity index (χ2v) is 4.17. The van der Waals surface area contributed by atoms with Gasteiger partial charge in [-0.3, -0.25) is 0 Å². The summed E-state index contributed by atoms with van der Waals surface area (Å²) in [6.45, 7) is 0. The molecule has 12 heavy (non-hydrogen) atoms. The number of hydrogen-bond acceptors (Lipinski definition) is 3. The van der Waals surface area contributed by atoms with Crippen molar-refractivity contribution in [2.24, 2.45) is 0 Å². The van der Waals surface area contributed by atoms with Gasteiger partial charge in [-0.05, 0) is 22.0 Å². The third kappa shape index (κ3) is 2.68. The molecule has 1 aromatic heterocycles. The van der Waals surface area contributed by atoms with E-state index in [1.165, 1.54) is 18.4 Å². The molecule has 0 amide bonds. The molecule has 0 saturated carbocycles. The molecule has 0 aliphatic rings. The van der Waals surface area contributed by atoms with Gasteiger partial charge in [0.1, 0.15) is 0 Å². The van der Waals surface area contributed by atoms with E-state index in [2.05, 4.69) is 32.5 Å². The summed E-state index contributed by atoms with van der Waals surface area (Å²) in [6, 6.07) is 1.85. The number of carbonyl (C=O) groups excluding carboxylic acids is 1. The first-order valence-electron chi connectivity index (χ1n) is 3.06. The van der Waals surface area contributed by atoms with Gasteiger partial charge in [-0.1, -0.05) is 5.92 Å². The van der Waals surface area contributed by atoms with E-state index >= 15 is 0 Å². The lowest BCUT2D eigenvalue weighted by Gasteiger charge is -1.83. The van der Waals surface area contributed by atoms with Crippen LogP contribution in [0.3, 0.4) is 0 Å². The summed E-state index contributed by atoms with van der Waals surface area (Å²) in [7, 11) is 1.31. The zero-order chi connectivity index (χ0) is 8.97. The average Bonchev–Trinajstić information content (AvgIpc) is 2.47. The van der Waals surface area contributed by atoms with Crippen molar-refractivity contribution in [2.45, 2.75) is 0 Å². The minimum Gasteiger partial charge on any atom is -0.459 e. The number of thiophene rings is 1. The highest BCUT2D eigenvalue weighted by Gasteiger charge is 1.93. The Morgan fingerprint density at radius 1 is 1.75 bits per heavy atom. The molecule has 2 nitrogen and oxygen atoms in total. The third-order valence-electron chi connectivity index (χ3n) is 1.06. The van der Waals surface area contributed by atoms with Crippen molar-refractivity contribution in [1.82, 2.24) is 0 Å². The van der Waals surface area contributed by atoms with Gasteiger partial charge < -0.3 is 4.74 Å². The predicted octanol–water partition coefficient (Wildman–Crippen LogP) is 2.04. The van der Waals surface area contributed by atoms with E-state index in [1.807, 2.05) is 11.4 Å². The van der Waals surface area contributed by atoms with Crippen LogP contribution < -0.4 is 0 Å². The van der Waals surface area contributed by atoms with E-state index in [9.17, 15) is 4.79 Å². The molecule has 0 atom stereocenters. The fraction of sp³-hybridized carbons (Fsp3) is 0.125. The van der Waals surface area contributed by atoms with Gasteiger partial charge >= 0.3 is 5.97 Å². The Hall–Kier alpha value is -0.790. The van der Waals surface area contributed by atoms with E-state index in [4.69, 9.17) is 0 Å². The molecule has 0 N–H and O–H groups in total. The van der Waals surface area contributed by atoms with Crippen LogP contribution in [0.15, 0.2) is 15.2 Å². The monoisotopic (exact) mass is 244 g/mol. The highest BCUT2D eigenvalue weighted by Crippen LogP contribution is 2.19. The first kappa shape index (κ1) is 9.30. The molecule has 4 heteroatoms. The molecule has 1 aromatic rings. The van der Waals surface area contributed by atoms with Gasteiger partial charge in [0.05, 0.1) is 10.9 Å². The van der Waals surface area contributed by atoms with Crippen LogP contribution >= 0.6 is 27.3 Å². The number of methoxy groups -OCH3 is 1. The van der Waals surface area contributed by atoms with Crippen molar-refractivity contribution >= 4 is 33.2 Å². The Balaban J connectivity index is 2.73. The van der Waals surface area contributed by atoms with Crippen LogP contribution in [0.2, 0.25) is 0 Å². The molecule has 1 rings (SSSR count). The van der Waals surface area contributed by atoms with Crippen LogP contribution in [-0.4, -0.2) is 13.1 Å². The van der Waals surface area contributed by atoms with Crippen molar-refractivity contribution in [2.75, 3.05) is 7.11 Å². The molecular weight excluding hydrogens is 240 g/mol. The van der Waals surface area contributed by atoms with E-state index < -0.39 is 5.97 Å². The number of hydrogen-bond donors (Lipinski definition) is 0. The zero-order valence-electron chi connectivity index (χ0n) is 6.26. The summed E-state index contributed by atoms with van der Waals surface area (Å²) in [5, 5.41) is 1.86. The Morgan fingerprint density at radius 2 is 2.50 bits per heavy atom. The molecule has 0 fully saturated rings. The Labute approximate surface area is 82.7 Å². The highest BCUT2D eigenvalue weighted by atomic mass is 79.9. The van der Waals surface area contributed by atoms with Gasteiger partial charge in [0.25, 0.3) is 0 Å². The molecule has 62 valence electrons. The van der Waals surface area contributed by atoms with Crippen molar-refractivity contribution in [1.29, 1.82) is 0 Å². The SMILES string of the molecule is COC(=O)C#Cc1csc(Br)c1. The quantitative estimate of drug-likeness (QED) is 0.516. The lowest BCUT2D eigenvalue weighted by molar-refractivity contribution is -0.133. The molecule has 0 spiro atoms. The summed E-state index contributed by atoms with van der Waals surface area (Å²) < 4.78 is 5.35. The molecule has 0 radical (unpaired) electrons. The third-order valence-corrected chi connectivity index (χ3v) is 2.57. The van der Waals surface area contributed by atoms with Gasteiger partial charge in [0.15, 0.2) is 0 Å². The van der Waals surface area contributed by atoms with Gasteiger partial charge in [0, 0.05) is 16.9 Å². The van der Waals surface area contributed by atoms with Crippen LogP contribution in [0.4, 0.5) is 0 Å². The number of ether oxygens (including phenoxy) is 1. The Bertz CT molecular complexity index is 345. The molecule has 0 aromatic carbocycles. The van der Waals surface area contributed by atoms with E-state index in [-0.39, 0.29) is 0 Å². The predicted molar refractivity (Wildman–Crippen MR) is 50.9 cm³/mol. The van der Waals surface area contributed by atoms with Crippen molar-refractivity contribution < 1.29 is 9.53 Å². The molecule has 1 heterocycles. The second kappa shape index (κ2) is 4.29. The average molecular weight is 245 g/mol. The van der Waals surface area contributed by atoms with Gasteiger partial charge in [-0.15, -0.1) is 11.3 Å². The van der Waals surface area contributed by atoms with Crippen LogP contribution in [0.1, 0.15) is 5.56 Å². The number of esters is 1. The largest absolute Gasteiger partial charge is 0.459 e. The maximum atomic E-state index is 10.6. The van der Waals surface area contributed by atoms with E-state index in [0.29, 0.717) is 0 Å². The fourth-order valence-electron chi connectivity index (χ4n) is 0.550. The second-order valence-electron chi connectivity index (χ2n) is 1.88. The smallest absolute Gasteiger partial charge is 0.384 e. The molecule has 0 saturated heterocycles. The lowest BCUT2D eigenvalue weighted by Crippen LogP contribution is -1.94. The van der Waals surface area contributed by atoms with Crippen LogP contribution in [-0.2, 0) is 9.53 Å². The number of rotatable bonds is 0. The number of halogens is 1. The van der Waals surface area contributed by atoms with E-state index in [0.717, 1.165) is 9.35 Å². The Morgan fingerprint density at radius 3 is 3.00 bits per heavy atom. The van der Waals surface area contributed by atoms with Gasteiger partial charge in [-0.25, -0.2) is 4.79 Å². The summed E-state index contributed by atoms with van der Waals surface area (Å²) >= 11 is 4.82. The van der Waals surface area contributed by atoms with Crippen molar-refractivity contribution in [3.8, 4) is 11.8 Å². The minimum atomic E-state index is -0.516. The molecule has 0 aliphatic carbocycles. The highest BCUT2D eigenvalue weighted by molar-refractivity contribution is 9.11. The Kier molecular flexibility index (Phi) is 3.32. The first-order valence-corrected chi connectivity index (χ1v) is 4.73. The lowest BCUT2D eigenvalue weighted by atomic mass is 10.3. The van der Waals surface area contributed by atoms with E-state index in [1.54, 1.807) is 0 Å². The van der Waals surface area contributed by atoms with Crippen molar-refractivity contribution in [3.05, 3.63) is 20.8 Å².